The smallest absolute Gasteiger partial charge is 0.133 e. The molecule has 0 spiro atoms. The summed E-state index contributed by atoms with van der Waals surface area (Å²) in [7, 11) is 0. The summed E-state index contributed by atoms with van der Waals surface area (Å²) in [5.41, 5.74) is 1.29. The van der Waals surface area contributed by atoms with Crippen molar-refractivity contribution in [1.82, 2.24) is 10.2 Å². The summed E-state index contributed by atoms with van der Waals surface area (Å²) in [5.74, 6) is 1.63. The summed E-state index contributed by atoms with van der Waals surface area (Å²) in [5, 5.41) is 3.46. The number of hydrogen-bond acceptors (Lipinski definition) is 3. The molecule has 4 heteroatoms. The third kappa shape index (κ3) is 5.97. The van der Waals surface area contributed by atoms with E-state index >= 15 is 0 Å². The molecule has 1 aliphatic rings. The molecule has 0 aliphatic carbocycles. The molecule has 0 atom stereocenters. The van der Waals surface area contributed by atoms with Crippen molar-refractivity contribution >= 4 is 15.9 Å². The van der Waals surface area contributed by atoms with Crippen LogP contribution in [0.25, 0.3) is 0 Å². The van der Waals surface area contributed by atoms with Gasteiger partial charge in [-0.25, -0.2) is 0 Å². The van der Waals surface area contributed by atoms with E-state index in [1.54, 1.807) is 0 Å². The average molecular weight is 355 g/mol. The molecule has 1 aliphatic heterocycles. The first-order chi connectivity index (χ1) is 10.1. The van der Waals surface area contributed by atoms with Crippen molar-refractivity contribution in [3.8, 4) is 5.75 Å². The number of ether oxygens (including phenoxy) is 1. The van der Waals surface area contributed by atoms with Crippen LogP contribution in [0.1, 0.15) is 32.3 Å². The lowest BCUT2D eigenvalue weighted by Crippen LogP contribution is -2.25. The van der Waals surface area contributed by atoms with E-state index in [4.69, 9.17) is 4.74 Å². The van der Waals surface area contributed by atoms with Gasteiger partial charge in [-0.2, -0.15) is 0 Å². The molecule has 1 aromatic carbocycles. The zero-order valence-corrected chi connectivity index (χ0v) is 14.8. The summed E-state index contributed by atoms with van der Waals surface area (Å²) in [6, 6.07) is 6.36. The molecule has 1 heterocycles. The average Bonchev–Trinajstić information content (AvgIpc) is 2.94. The minimum atomic E-state index is 0.682. The first-order valence-corrected chi connectivity index (χ1v) is 8.79. The molecule has 1 N–H and O–H groups in total. The number of halogens is 1. The Morgan fingerprint density at radius 1 is 1.29 bits per heavy atom. The van der Waals surface area contributed by atoms with Gasteiger partial charge in [0, 0.05) is 13.1 Å². The van der Waals surface area contributed by atoms with Crippen molar-refractivity contribution in [3.63, 3.8) is 0 Å². The van der Waals surface area contributed by atoms with Crippen molar-refractivity contribution in [3.05, 3.63) is 28.2 Å². The maximum absolute atomic E-state index is 5.89. The maximum Gasteiger partial charge on any atom is 0.133 e. The second kappa shape index (κ2) is 8.76. The van der Waals surface area contributed by atoms with E-state index in [1.165, 1.54) is 31.5 Å². The van der Waals surface area contributed by atoms with Crippen LogP contribution < -0.4 is 10.1 Å². The van der Waals surface area contributed by atoms with Crippen molar-refractivity contribution in [1.29, 1.82) is 0 Å². The van der Waals surface area contributed by atoms with E-state index in [0.29, 0.717) is 5.92 Å². The van der Waals surface area contributed by atoms with E-state index in [1.807, 2.05) is 0 Å². The summed E-state index contributed by atoms with van der Waals surface area (Å²) in [6.07, 6.45) is 2.67. The van der Waals surface area contributed by atoms with E-state index < -0.39 is 0 Å². The molecule has 0 aromatic heterocycles. The van der Waals surface area contributed by atoms with Crippen LogP contribution in [0.2, 0.25) is 0 Å². The molecule has 0 unspecified atom stereocenters. The highest BCUT2D eigenvalue weighted by Gasteiger charge is 2.11. The summed E-state index contributed by atoms with van der Waals surface area (Å²) >= 11 is 3.62. The number of hydrogen-bond donors (Lipinski definition) is 1. The van der Waals surface area contributed by atoms with Gasteiger partial charge < -0.3 is 10.1 Å². The number of nitrogens with one attached hydrogen (secondary N) is 1. The molecule has 0 saturated carbocycles. The summed E-state index contributed by atoms with van der Waals surface area (Å²) in [6.45, 7) is 10.7. The lowest BCUT2D eigenvalue weighted by Gasteiger charge is -2.16. The quantitative estimate of drug-likeness (QED) is 0.770. The number of nitrogens with zero attached hydrogens (tertiary/aromatic N) is 1. The highest BCUT2D eigenvalue weighted by atomic mass is 79.9. The Bertz CT molecular complexity index is 431. The molecule has 0 radical (unpaired) electrons. The number of likely N-dealkylation sites (tertiary alicyclic amines) is 1. The fourth-order valence-corrected chi connectivity index (χ4v) is 3.11. The largest absolute Gasteiger partial charge is 0.491 e. The second-order valence-corrected chi connectivity index (χ2v) is 7.04. The lowest BCUT2D eigenvalue weighted by molar-refractivity contribution is 0.237. The predicted octanol–water partition coefficient (Wildman–Crippen LogP) is 3.67. The Morgan fingerprint density at radius 3 is 2.71 bits per heavy atom. The molecule has 3 nitrogen and oxygen atoms in total. The van der Waals surface area contributed by atoms with Crippen LogP contribution in [-0.2, 0) is 6.54 Å². The zero-order chi connectivity index (χ0) is 15.1. The van der Waals surface area contributed by atoms with Gasteiger partial charge >= 0.3 is 0 Å². The fraction of sp³-hybridized carbons (Fsp3) is 0.647. The lowest BCUT2D eigenvalue weighted by atomic mass is 10.2. The van der Waals surface area contributed by atoms with Crippen LogP contribution in [0.4, 0.5) is 0 Å². The summed E-state index contributed by atoms with van der Waals surface area (Å²) < 4.78 is 6.94. The van der Waals surface area contributed by atoms with Crippen LogP contribution in [0, 0.1) is 5.92 Å². The monoisotopic (exact) mass is 354 g/mol. The fourth-order valence-electron chi connectivity index (χ4n) is 2.57. The Kier molecular flexibility index (Phi) is 7.00. The Labute approximate surface area is 137 Å². The summed E-state index contributed by atoms with van der Waals surface area (Å²) in [4.78, 5) is 2.47. The van der Waals surface area contributed by atoms with E-state index in [0.717, 1.165) is 36.5 Å². The molecule has 1 aromatic rings. The van der Waals surface area contributed by atoms with Gasteiger partial charge in [-0.1, -0.05) is 19.9 Å². The third-order valence-corrected chi connectivity index (χ3v) is 4.36. The van der Waals surface area contributed by atoms with Crippen LogP contribution in [0.3, 0.4) is 0 Å². The van der Waals surface area contributed by atoms with Gasteiger partial charge in [-0.15, -0.1) is 0 Å². The van der Waals surface area contributed by atoms with Crippen LogP contribution >= 0.6 is 15.9 Å². The highest BCUT2D eigenvalue weighted by molar-refractivity contribution is 9.10. The zero-order valence-electron chi connectivity index (χ0n) is 13.2. The maximum atomic E-state index is 5.89. The highest BCUT2D eigenvalue weighted by Crippen LogP contribution is 2.26. The second-order valence-electron chi connectivity index (χ2n) is 6.19. The topological polar surface area (TPSA) is 24.5 Å². The standard InChI is InChI=1S/C17H27BrN2O/c1-14(2)12-19-13-15-5-6-17(16(18)11-15)21-10-9-20-7-3-4-8-20/h5-6,11,14,19H,3-4,7-10,12-13H2,1-2H3. The SMILES string of the molecule is CC(C)CNCc1ccc(OCCN2CCCC2)c(Br)c1. The van der Waals surface area contributed by atoms with E-state index in [2.05, 4.69) is 58.2 Å². The number of benzene rings is 1. The van der Waals surface area contributed by atoms with Gasteiger partial charge in [0.15, 0.2) is 0 Å². The molecule has 0 amide bonds. The van der Waals surface area contributed by atoms with Crippen LogP contribution in [0.5, 0.6) is 5.75 Å². The third-order valence-electron chi connectivity index (χ3n) is 3.74. The van der Waals surface area contributed by atoms with Crippen molar-refractivity contribution in [2.45, 2.75) is 33.2 Å². The molecule has 1 saturated heterocycles. The minimum Gasteiger partial charge on any atom is -0.491 e. The first kappa shape index (κ1) is 16.8. The van der Waals surface area contributed by atoms with Crippen LogP contribution in [0.15, 0.2) is 22.7 Å². The minimum absolute atomic E-state index is 0.682. The first-order valence-electron chi connectivity index (χ1n) is 7.99. The molecule has 1 fully saturated rings. The Balaban J connectivity index is 1.75. The van der Waals surface area contributed by atoms with Gasteiger partial charge in [0.2, 0.25) is 0 Å². The van der Waals surface area contributed by atoms with Crippen molar-refractivity contribution in [2.24, 2.45) is 5.92 Å². The van der Waals surface area contributed by atoms with Crippen molar-refractivity contribution in [2.75, 3.05) is 32.8 Å². The normalized spacial score (nSPS) is 15.8. The van der Waals surface area contributed by atoms with Gasteiger partial charge in [0.25, 0.3) is 0 Å². The van der Waals surface area contributed by atoms with E-state index in [-0.39, 0.29) is 0 Å². The van der Waals surface area contributed by atoms with Crippen LogP contribution in [-0.4, -0.2) is 37.7 Å². The van der Waals surface area contributed by atoms with Crippen molar-refractivity contribution < 1.29 is 4.74 Å². The van der Waals surface area contributed by atoms with Gasteiger partial charge in [-0.05, 0) is 72.0 Å². The van der Waals surface area contributed by atoms with Gasteiger partial charge in [0.1, 0.15) is 12.4 Å². The molecule has 118 valence electrons. The number of rotatable bonds is 8. The van der Waals surface area contributed by atoms with E-state index in [9.17, 15) is 0 Å². The molecule has 21 heavy (non-hydrogen) atoms. The Morgan fingerprint density at radius 2 is 2.05 bits per heavy atom. The molecular formula is C17H27BrN2O. The van der Waals surface area contributed by atoms with Gasteiger partial charge in [0.05, 0.1) is 4.47 Å². The predicted molar refractivity (Wildman–Crippen MR) is 91.9 cm³/mol. The Hall–Kier alpha value is -0.580. The van der Waals surface area contributed by atoms with Gasteiger partial charge in [-0.3, -0.25) is 4.90 Å². The molecule has 2 rings (SSSR count). The molecule has 0 bridgehead atoms. The molecular weight excluding hydrogens is 328 g/mol.